The normalized spacial score (nSPS) is 23.9. The van der Waals surface area contributed by atoms with Gasteiger partial charge in [-0.3, -0.25) is 0 Å². The van der Waals surface area contributed by atoms with Gasteiger partial charge >= 0.3 is 0 Å². The first-order chi connectivity index (χ1) is 12.0. The Kier molecular flexibility index (Phi) is 5.32. The molecule has 144 valence electrons. The highest BCUT2D eigenvalue weighted by Gasteiger charge is 2.49. The van der Waals surface area contributed by atoms with Crippen LogP contribution in [-0.2, 0) is 4.43 Å². The van der Waals surface area contributed by atoms with E-state index >= 15 is 0 Å². The third kappa shape index (κ3) is 3.87. The van der Waals surface area contributed by atoms with Gasteiger partial charge in [0.25, 0.3) is 0 Å². The van der Waals surface area contributed by atoms with Crippen molar-refractivity contribution >= 4 is 35.3 Å². The maximum atomic E-state index is 6.71. The zero-order chi connectivity index (χ0) is 19.2. The average molecular weight is 439 g/mol. The number of rotatable bonds is 6. The van der Waals surface area contributed by atoms with Crippen LogP contribution in [0.3, 0.4) is 0 Å². The lowest BCUT2D eigenvalue weighted by Gasteiger charge is -2.52. The Morgan fingerprint density at radius 3 is 2.65 bits per heavy atom. The van der Waals surface area contributed by atoms with E-state index in [-0.39, 0.29) is 10.6 Å². The monoisotopic (exact) mass is 438 g/mol. The highest BCUT2D eigenvalue weighted by Crippen LogP contribution is 2.49. The van der Waals surface area contributed by atoms with E-state index in [1.54, 1.807) is 0 Å². The lowest BCUT2D eigenvalue weighted by Crippen LogP contribution is -2.54. The summed E-state index contributed by atoms with van der Waals surface area (Å²) in [4.78, 5) is 4.65. The molecule has 1 aliphatic rings. The number of aromatic nitrogens is 2. The van der Waals surface area contributed by atoms with Crippen LogP contribution in [0.4, 0.5) is 0 Å². The predicted molar refractivity (Wildman–Crippen MR) is 114 cm³/mol. The predicted octanol–water partition coefficient (Wildman–Crippen LogP) is 5.93. The summed E-state index contributed by atoms with van der Waals surface area (Å²) in [6, 6.07) is 4.67. The largest absolute Gasteiger partial charge is 0.491 e. The standard InChI is InChI=1S/C20H31BrN2O2Si/c1-19(2,3)26(5,6)25-20(4)12-16(13-20)23-9-7-15-11-17(24-10-8-21)14-22-18(15)23/h7,9,11,14,16H,8,10,12-13H2,1-6H3/t16-,20+. The summed E-state index contributed by atoms with van der Waals surface area (Å²) in [6.45, 7) is 14.5. The van der Waals surface area contributed by atoms with Crippen molar-refractivity contribution in [3.05, 3.63) is 24.5 Å². The van der Waals surface area contributed by atoms with Crippen molar-refractivity contribution in [3.8, 4) is 5.75 Å². The van der Waals surface area contributed by atoms with Gasteiger partial charge in [0.1, 0.15) is 11.4 Å². The van der Waals surface area contributed by atoms with Crippen molar-refractivity contribution in [2.45, 2.75) is 70.3 Å². The second kappa shape index (κ2) is 6.95. The van der Waals surface area contributed by atoms with Crippen LogP contribution in [0, 0.1) is 0 Å². The highest BCUT2D eigenvalue weighted by atomic mass is 79.9. The third-order valence-electron chi connectivity index (χ3n) is 5.91. The molecule has 1 aliphatic carbocycles. The van der Waals surface area contributed by atoms with E-state index in [0.717, 1.165) is 35.0 Å². The molecule has 6 heteroatoms. The number of ether oxygens (including phenoxy) is 1. The zero-order valence-corrected chi connectivity index (χ0v) is 19.4. The van der Waals surface area contributed by atoms with Crippen molar-refractivity contribution < 1.29 is 9.16 Å². The molecule has 0 radical (unpaired) electrons. The van der Waals surface area contributed by atoms with Crippen molar-refractivity contribution in [2.24, 2.45) is 0 Å². The molecule has 0 aliphatic heterocycles. The zero-order valence-electron chi connectivity index (χ0n) is 16.8. The fraction of sp³-hybridized carbons (Fsp3) is 0.650. The molecular formula is C20H31BrN2O2Si. The van der Waals surface area contributed by atoms with Gasteiger partial charge in [-0.2, -0.15) is 0 Å². The number of fused-ring (bicyclic) bond motifs is 1. The molecule has 2 aromatic heterocycles. The SMILES string of the molecule is CC(C)(C)[Si](C)(C)O[C@]1(C)C[C@H](n2ccc3cc(OCCBr)cnc32)C1. The molecule has 0 aromatic carbocycles. The second-order valence-electron chi connectivity index (χ2n) is 9.22. The molecule has 1 saturated carbocycles. The molecule has 0 amide bonds. The van der Waals surface area contributed by atoms with Crippen LogP contribution < -0.4 is 4.74 Å². The number of nitrogens with zero attached hydrogens (tertiary/aromatic N) is 2. The van der Waals surface area contributed by atoms with Crippen molar-refractivity contribution in [2.75, 3.05) is 11.9 Å². The molecule has 2 heterocycles. The Hall–Kier alpha value is -0.853. The first kappa shape index (κ1) is 19.9. The van der Waals surface area contributed by atoms with Gasteiger partial charge in [0.05, 0.1) is 18.4 Å². The van der Waals surface area contributed by atoms with Crippen LogP contribution in [0.5, 0.6) is 5.75 Å². The molecular weight excluding hydrogens is 408 g/mol. The molecule has 26 heavy (non-hydrogen) atoms. The maximum Gasteiger partial charge on any atom is 0.192 e. The van der Waals surface area contributed by atoms with E-state index in [4.69, 9.17) is 9.16 Å². The van der Waals surface area contributed by atoms with Gasteiger partial charge in [0, 0.05) is 23.0 Å². The minimum absolute atomic E-state index is 0.0107. The summed E-state index contributed by atoms with van der Waals surface area (Å²) in [5.41, 5.74) is 1.03. The topological polar surface area (TPSA) is 36.3 Å². The smallest absolute Gasteiger partial charge is 0.192 e. The quantitative estimate of drug-likeness (QED) is 0.414. The van der Waals surface area contributed by atoms with E-state index in [2.05, 4.69) is 84.6 Å². The fourth-order valence-corrected chi connectivity index (χ4v) is 5.41. The first-order valence-corrected chi connectivity index (χ1v) is 13.4. The van der Waals surface area contributed by atoms with Gasteiger partial charge in [0.15, 0.2) is 8.32 Å². The van der Waals surface area contributed by atoms with E-state index in [1.165, 1.54) is 0 Å². The van der Waals surface area contributed by atoms with E-state index < -0.39 is 8.32 Å². The van der Waals surface area contributed by atoms with Gasteiger partial charge in [-0.15, -0.1) is 0 Å². The van der Waals surface area contributed by atoms with Gasteiger partial charge < -0.3 is 13.7 Å². The molecule has 1 fully saturated rings. The minimum atomic E-state index is -1.74. The highest BCUT2D eigenvalue weighted by molar-refractivity contribution is 9.09. The lowest BCUT2D eigenvalue weighted by atomic mass is 9.77. The Balaban J connectivity index is 1.71. The Morgan fingerprint density at radius 1 is 1.35 bits per heavy atom. The molecule has 0 bridgehead atoms. The van der Waals surface area contributed by atoms with Crippen LogP contribution in [-0.4, -0.2) is 35.4 Å². The van der Waals surface area contributed by atoms with Gasteiger partial charge in [-0.05, 0) is 50.0 Å². The minimum Gasteiger partial charge on any atom is -0.491 e. The summed E-state index contributed by atoms with van der Waals surface area (Å²) >= 11 is 3.38. The van der Waals surface area contributed by atoms with Gasteiger partial charge in [-0.1, -0.05) is 36.7 Å². The van der Waals surface area contributed by atoms with Crippen LogP contribution in [0.15, 0.2) is 24.5 Å². The third-order valence-corrected chi connectivity index (χ3v) is 10.9. The number of hydrogen-bond donors (Lipinski definition) is 0. The molecule has 0 N–H and O–H groups in total. The van der Waals surface area contributed by atoms with Crippen LogP contribution in [0.1, 0.15) is 46.6 Å². The van der Waals surface area contributed by atoms with Crippen LogP contribution in [0.2, 0.25) is 18.1 Å². The summed E-state index contributed by atoms with van der Waals surface area (Å²) < 4.78 is 14.7. The van der Waals surface area contributed by atoms with Crippen LogP contribution in [0.25, 0.3) is 11.0 Å². The molecule has 0 spiro atoms. The first-order valence-electron chi connectivity index (χ1n) is 9.40. The summed E-state index contributed by atoms with van der Waals surface area (Å²) in [5, 5.41) is 2.20. The Morgan fingerprint density at radius 2 is 2.04 bits per heavy atom. The van der Waals surface area contributed by atoms with Crippen molar-refractivity contribution in [3.63, 3.8) is 0 Å². The van der Waals surface area contributed by atoms with Gasteiger partial charge in [0.2, 0.25) is 0 Å². The Bertz CT molecular complexity index is 776. The molecule has 4 nitrogen and oxygen atoms in total. The van der Waals surface area contributed by atoms with E-state index in [0.29, 0.717) is 12.6 Å². The van der Waals surface area contributed by atoms with Gasteiger partial charge in [-0.25, -0.2) is 4.98 Å². The maximum absolute atomic E-state index is 6.71. The molecule has 0 saturated heterocycles. The van der Waals surface area contributed by atoms with Crippen LogP contribution >= 0.6 is 15.9 Å². The summed E-state index contributed by atoms with van der Waals surface area (Å²) in [5.74, 6) is 0.828. The van der Waals surface area contributed by atoms with Crippen molar-refractivity contribution in [1.29, 1.82) is 0 Å². The summed E-state index contributed by atoms with van der Waals surface area (Å²) in [7, 11) is -1.74. The molecule has 2 aromatic rings. The van der Waals surface area contributed by atoms with E-state index in [1.807, 2.05) is 6.20 Å². The number of alkyl halides is 1. The van der Waals surface area contributed by atoms with Crippen molar-refractivity contribution in [1.82, 2.24) is 9.55 Å². The van der Waals surface area contributed by atoms with E-state index in [9.17, 15) is 0 Å². The second-order valence-corrected chi connectivity index (χ2v) is 14.7. The number of hydrogen-bond acceptors (Lipinski definition) is 3. The number of pyridine rings is 1. The lowest BCUT2D eigenvalue weighted by molar-refractivity contribution is -0.0377. The Labute approximate surface area is 166 Å². The average Bonchev–Trinajstić information content (AvgIpc) is 2.91. The summed E-state index contributed by atoms with van der Waals surface area (Å²) in [6.07, 6.45) is 6.08. The fourth-order valence-electron chi connectivity index (χ4n) is 3.54. The number of halogens is 1. The molecule has 3 rings (SSSR count). The molecule has 0 unspecified atom stereocenters. The molecule has 0 atom stereocenters.